The number of carbonyl (C=O) groups excluding carboxylic acids is 2. The molecule has 0 spiro atoms. The van der Waals surface area contributed by atoms with Crippen molar-refractivity contribution in [3.05, 3.63) is 28.7 Å². The molecule has 0 aromatic heterocycles. The first-order valence-corrected chi connectivity index (χ1v) is 9.85. The number of hydrogen-bond donors (Lipinski definition) is 0. The van der Waals surface area contributed by atoms with Crippen LogP contribution < -0.4 is 9.47 Å². The van der Waals surface area contributed by atoms with E-state index >= 15 is 0 Å². The van der Waals surface area contributed by atoms with Crippen LogP contribution in [0.25, 0.3) is 6.08 Å². The summed E-state index contributed by atoms with van der Waals surface area (Å²) in [6.07, 6.45) is 3.89. The van der Waals surface area contributed by atoms with E-state index in [1.165, 1.54) is 23.8 Å². The van der Waals surface area contributed by atoms with Gasteiger partial charge in [-0.3, -0.25) is 14.5 Å². The topological polar surface area (TPSA) is 65.1 Å². The van der Waals surface area contributed by atoms with Crippen molar-refractivity contribution in [1.82, 2.24) is 4.90 Å². The van der Waals surface area contributed by atoms with E-state index in [1.807, 2.05) is 18.2 Å². The third-order valence-electron chi connectivity index (χ3n) is 3.88. The van der Waals surface area contributed by atoms with E-state index in [0.717, 1.165) is 18.4 Å². The first-order chi connectivity index (χ1) is 13.0. The highest BCUT2D eigenvalue weighted by atomic mass is 32.2. The van der Waals surface area contributed by atoms with Gasteiger partial charge >= 0.3 is 5.97 Å². The fourth-order valence-corrected chi connectivity index (χ4v) is 3.68. The van der Waals surface area contributed by atoms with Crippen LogP contribution in [0.1, 0.15) is 31.7 Å². The van der Waals surface area contributed by atoms with Gasteiger partial charge in [-0.1, -0.05) is 43.4 Å². The van der Waals surface area contributed by atoms with Crippen LogP contribution in [0.3, 0.4) is 0 Å². The van der Waals surface area contributed by atoms with Crippen molar-refractivity contribution < 1.29 is 23.8 Å². The Morgan fingerprint density at radius 3 is 2.74 bits per heavy atom. The predicted molar refractivity (Wildman–Crippen MR) is 110 cm³/mol. The Hall–Kier alpha value is -2.06. The summed E-state index contributed by atoms with van der Waals surface area (Å²) in [4.78, 5) is 25.8. The van der Waals surface area contributed by atoms with E-state index in [0.29, 0.717) is 27.3 Å². The van der Waals surface area contributed by atoms with Gasteiger partial charge in [0.25, 0.3) is 5.91 Å². The predicted octanol–water partition coefficient (Wildman–Crippen LogP) is 3.64. The third kappa shape index (κ3) is 5.71. The number of thiocarbonyl (C=S) groups is 1. The van der Waals surface area contributed by atoms with Crippen LogP contribution in [0.2, 0.25) is 0 Å². The lowest BCUT2D eigenvalue weighted by Gasteiger charge is -2.13. The van der Waals surface area contributed by atoms with Crippen molar-refractivity contribution in [3.8, 4) is 11.5 Å². The molecular weight excluding hydrogens is 386 g/mol. The minimum atomic E-state index is -0.378. The Morgan fingerprint density at radius 2 is 2.07 bits per heavy atom. The van der Waals surface area contributed by atoms with Crippen LogP contribution in [0.5, 0.6) is 11.5 Å². The summed E-state index contributed by atoms with van der Waals surface area (Å²) in [5.41, 5.74) is 0.808. The number of esters is 1. The third-order valence-corrected chi connectivity index (χ3v) is 5.26. The largest absolute Gasteiger partial charge is 0.493 e. The van der Waals surface area contributed by atoms with Gasteiger partial charge in [0.2, 0.25) is 0 Å². The Kier molecular flexibility index (Phi) is 8.12. The molecule has 1 aromatic carbocycles. The number of unbranched alkanes of at least 4 members (excludes halogenated alkanes) is 1. The van der Waals surface area contributed by atoms with Gasteiger partial charge in [-0.25, -0.2) is 0 Å². The summed E-state index contributed by atoms with van der Waals surface area (Å²) < 4.78 is 16.2. The van der Waals surface area contributed by atoms with Crippen molar-refractivity contribution >= 4 is 46.3 Å². The Bertz CT molecular complexity index is 748. The number of amides is 1. The molecule has 1 aliphatic rings. The summed E-state index contributed by atoms with van der Waals surface area (Å²) in [5, 5.41) is 0. The summed E-state index contributed by atoms with van der Waals surface area (Å²) >= 11 is 6.47. The maximum atomic E-state index is 12.6. The molecule has 1 fully saturated rings. The SMILES string of the molecule is CCCCOc1ccc(/C=C2\SC(=S)N(CCC(=O)OC)C2=O)cc1OC. The van der Waals surface area contributed by atoms with Gasteiger partial charge in [-0.15, -0.1) is 0 Å². The number of thioether (sulfide) groups is 1. The molecule has 0 aliphatic carbocycles. The Labute approximate surface area is 168 Å². The molecule has 1 saturated heterocycles. The normalized spacial score (nSPS) is 15.4. The standard InChI is InChI=1S/C19H23NO5S2/c1-4-5-10-25-14-7-6-13(11-15(14)23-2)12-16-18(22)20(19(26)27-16)9-8-17(21)24-3/h6-7,11-12H,4-5,8-10H2,1-3H3/b16-12-. The summed E-state index contributed by atoms with van der Waals surface area (Å²) in [6.45, 7) is 2.94. The van der Waals surface area contributed by atoms with Gasteiger partial charge in [0.1, 0.15) is 4.32 Å². The number of benzene rings is 1. The van der Waals surface area contributed by atoms with Crippen LogP contribution in [-0.4, -0.2) is 48.5 Å². The second kappa shape index (κ2) is 10.3. The smallest absolute Gasteiger partial charge is 0.307 e. The number of ether oxygens (including phenoxy) is 3. The molecule has 0 unspecified atom stereocenters. The minimum Gasteiger partial charge on any atom is -0.493 e. The zero-order valence-corrected chi connectivity index (χ0v) is 17.3. The van der Waals surface area contributed by atoms with Gasteiger partial charge in [0, 0.05) is 6.54 Å². The molecule has 0 bridgehead atoms. The maximum absolute atomic E-state index is 12.6. The van der Waals surface area contributed by atoms with Gasteiger partial charge in [-0.2, -0.15) is 0 Å². The highest BCUT2D eigenvalue weighted by Gasteiger charge is 2.32. The number of nitrogens with zero attached hydrogens (tertiary/aromatic N) is 1. The molecule has 0 N–H and O–H groups in total. The zero-order chi connectivity index (χ0) is 19.8. The zero-order valence-electron chi connectivity index (χ0n) is 15.6. The van der Waals surface area contributed by atoms with Gasteiger partial charge in [-0.05, 0) is 30.2 Å². The first-order valence-electron chi connectivity index (χ1n) is 8.63. The van der Waals surface area contributed by atoms with Crippen molar-refractivity contribution in [3.63, 3.8) is 0 Å². The number of methoxy groups -OCH3 is 2. The molecular formula is C19H23NO5S2. The quantitative estimate of drug-likeness (QED) is 0.267. The molecule has 146 valence electrons. The molecule has 0 radical (unpaired) electrons. The fraction of sp³-hybridized carbons (Fsp3) is 0.421. The van der Waals surface area contributed by atoms with Gasteiger partial charge in [0.15, 0.2) is 11.5 Å². The molecule has 1 aromatic rings. The van der Waals surface area contributed by atoms with Crippen LogP contribution in [-0.2, 0) is 14.3 Å². The fourth-order valence-electron chi connectivity index (χ4n) is 2.37. The molecule has 1 aliphatic heterocycles. The van der Waals surface area contributed by atoms with E-state index in [2.05, 4.69) is 11.7 Å². The average Bonchev–Trinajstić information content (AvgIpc) is 2.93. The Morgan fingerprint density at radius 1 is 1.30 bits per heavy atom. The van der Waals surface area contributed by atoms with E-state index in [4.69, 9.17) is 21.7 Å². The van der Waals surface area contributed by atoms with Crippen molar-refractivity contribution in [2.45, 2.75) is 26.2 Å². The van der Waals surface area contributed by atoms with E-state index in [-0.39, 0.29) is 24.8 Å². The Balaban J connectivity index is 2.12. The van der Waals surface area contributed by atoms with Crippen LogP contribution in [0.4, 0.5) is 0 Å². The van der Waals surface area contributed by atoms with Crippen LogP contribution >= 0.6 is 24.0 Å². The van der Waals surface area contributed by atoms with Gasteiger partial charge < -0.3 is 14.2 Å². The molecule has 2 rings (SSSR count). The van der Waals surface area contributed by atoms with Gasteiger partial charge in [0.05, 0.1) is 32.2 Å². The van der Waals surface area contributed by atoms with Crippen molar-refractivity contribution in [2.24, 2.45) is 0 Å². The van der Waals surface area contributed by atoms with Crippen LogP contribution in [0.15, 0.2) is 23.1 Å². The summed E-state index contributed by atoms with van der Waals surface area (Å²) in [6, 6.07) is 5.52. The molecule has 0 atom stereocenters. The van der Waals surface area contributed by atoms with E-state index in [1.54, 1.807) is 13.2 Å². The van der Waals surface area contributed by atoms with Crippen LogP contribution in [0, 0.1) is 0 Å². The lowest BCUT2D eigenvalue weighted by atomic mass is 10.2. The van der Waals surface area contributed by atoms with E-state index < -0.39 is 0 Å². The highest BCUT2D eigenvalue weighted by molar-refractivity contribution is 8.26. The molecule has 1 amide bonds. The first kappa shape index (κ1) is 21.2. The van der Waals surface area contributed by atoms with E-state index in [9.17, 15) is 9.59 Å². The molecule has 27 heavy (non-hydrogen) atoms. The van der Waals surface area contributed by atoms with Crippen molar-refractivity contribution in [1.29, 1.82) is 0 Å². The summed E-state index contributed by atoms with van der Waals surface area (Å²) in [5.74, 6) is 0.697. The molecule has 0 saturated carbocycles. The highest BCUT2D eigenvalue weighted by Crippen LogP contribution is 2.34. The average molecular weight is 410 g/mol. The minimum absolute atomic E-state index is 0.105. The number of rotatable bonds is 9. The number of hydrogen-bond acceptors (Lipinski definition) is 7. The monoisotopic (exact) mass is 409 g/mol. The molecule has 1 heterocycles. The molecule has 8 heteroatoms. The maximum Gasteiger partial charge on any atom is 0.307 e. The van der Waals surface area contributed by atoms with Crippen molar-refractivity contribution in [2.75, 3.05) is 27.4 Å². The molecule has 6 nitrogen and oxygen atoms in total. The second-order valence-electron chi connectivity index (χ2n) is 5.77. The second-order valence-corrected chi connectivity index (χ2v) is 7.45. The number of carbonyl (C=O) groups is 2. The lowest BCUT2D eigenvalue weighted by molar-refractivity contribution is -0.140. The summed E-state index contributed by atoms with van der Waals surface area (Å²) in [7, 11) is 2.90. The lowest BCUT2D eigenvalue weighted by Crippen LogP contribution is -2.30.